The summed E-state index contributed by atoms with van der Waals surface area (Å²) in [5.74, 6) is 0.250. The Morgan fingerprint density at radius 2 is 2.21 bits per heavy atom. The monoisotopic (exact) mass is 262 g/mol. The summed E-state index contributed by atoms with van der Waals surface area (Å²) in [6, 6.07) is 1.83. The summed E-state index contributed by atoms with van der Waals surface area (Å²) in [6.45, 7) is 7.93. The Morgan fingerprint density at radius 3 is 2.79 bits per heavy atom. The van der Waals surface area contributed by atoms with Gasteiger partial charge in [0.25, 0.3) is 0 Å². The fraction of sp³-hybridized carbons (Fsp3) is 0.600. The van der Waals surface area contributed by atoms with Crippen molar-refractivity contribution in [3.63, 3.8) is 0 Å². The molecule has 0 aromatic carbocycles. The van der Waals surface area contributed by atoms with Crippen LogP contribution in [0, 0.1) is 5.92 Å². The number of anilines is 1. The third-order valence-corrected chi connectivity index (χ3v) is 3.53. The van der Waals surface area contributed by atoms with Gasteiger partial charge in [-0.15, -0.1) is 0 Å². The van der Waals surface area contributed by atoms with Gasteiger partial charge in [-0.25, -0.2) is 9.78 Å². The normalized spacial score (nSPS) is 13.7. The summed E-state index contributed by atoms with van der Waals surface area (Å²) in [5, 5.41) is 9.41. The Hall–Kier alpha value is -1.58. The number of aromatic nitrogens is 1. The molecule has 0 bridgehead atoms. The Bertz CT molecular complexity index is 483. The summed E-state index contributed by atoms with van der Waals surface area (Å²) in [4.78, 5) is 18.2. The number of fused-ring (bicyclic) bond motifs is 1. The zero-order valence-electron chi connectivity index (χ0n) is 11.9. The third-order valence-electron chi connectivity index (χ3n) is 3.53. The van der Waals surface area contributed by atoms with Crippen molar-refractivity contribution < 1.29 is 9.90 Å². The predicted molar refractivity (Wildman–Crippen MR) is 75.9 cm³/mol. The molecule has 1 aromatic heterocycles. The van der Waals surface area contributed by atoms with Gasteiger partial charge in [0.2, 0.25) is 0 Å². The average molecular weight is 262 g/mol. The van der Waals surface area contributed by atoms with Crippen molar-refractivity contribution in [3.8, 4) is 0 Å². The lowest BCUT2D eigenvalue weighted by atomic mass is 10.1. The number of nitrogens with zero attached hydrogens (tertiary/aromatic N) is 2. The number of carboxylic acids is 1. The second-order valence-corrected chi connectivity index (χ2v) is 5.56. The first-order valence-electron chi connectivity index (χ1n) is 7.04. The fourth-order valence-electron chi connectivity index (χ4n) is 2.67. The minimum Gasteiger partial charge on any atom is -0.478 e. The molecule has 104 valence electrons. The molecule has 19 heavy (non-hydrogen) atoms. The molecule has 0 unspecified atom stereocenters. The highest BCUT2D eigenvalue weighted by atomic mass is 16.4. The van der Waals surface area contributed by atoms with Crippen molar-refractivity contribution in [2.45, 2.75) is 40.0 Å². The summed E-state index contributed by atoms with van der Waals surface area (Å²) < 4.78 is 0. The van der Waals surface area contributed by atoms with E-state index < -0.39 is 5.97 Å². The maximum atomic E-state index is 11.5. The number of rotatable bonds is 5. The van der Waals surface area contributed by atoms with E-state index >= 15 is 0 Å². The van der Waals surface area contributed by atoms with Gasteiger partial charge >= 0.3 is 5.97 Å². The van der Waals surface area contributed by atoms with Gasteiger partial charge in [0.1, 0.15) is 11.4 Å². The molecule has 1 heterocycles. The van der Waals surface area contributed by atoms with Gasteiger partial charge in [0.05, 0.1) is 0 Å². The zero-order chi connectivity index (χ0) is 14.0. The minimum atomic E-state index is -0.876. The van der Waals surface area contributed by atoms with Crippen LogP contribution in [0.5, 0.6) is 0 Å². The second-order valence-electron chi connectivity index (χ2n) is 5.56. The number of aromatic carboxylic acids is 1. The quantitative estimate of drug-likeness (QED) is 0.886. The first-order valence-corrected chi connectivity index (χ1v) is 7.04. The van der Waals surface area contributed by atoms with Crippen LogP contribution in [0.4, 0.5) is 5.82 Å². The van der Waals surface area contributed by atoms with Crippen LogP contribution < -0.4 is 4.90 Å². The van der Waals surface area contributed by atoms with E-state index in [2.05, 4.69) is 23.7 Å². The molecule has 0 amide bonds. The van der Waals surface area contributed by atoms with Crippen LogP contribution >= 0.6 is 0 Å². The van der Waals surface area contributed by atoms with Crippen molar-refractivity contribution in [1.82, 2.24) is 4.98 Å². The van der Waals surface area contributed by atoms with Crippen molar-refractivity contribution in [2.75, 3.05) is 18.0 Å². The van der Waals surface area contributed by atoms with Crippen LogP contribution in [0.3, 0.4) is 0 Å². The lowest BCUT2D eigenvalue weighted by Crippen LogP contribution is -2.30. The number of hydrogen-bond donors (Lipinski definition) is 1. The molecule has 0 saturated carbocycles. The van der Waals surface area contributed by atoms with Gasteiger partial charge in [0.15, 0.2) is 0 Å². The molecular weight excluding hydrogens is 240 g/mol. The van der Waals surface area contributed by atoms with Crippen LogP contribution in [0.1, 0.15) is 48.8 Å². The van der Waals surface area contributed by atoms with Gasteiger partial charge in [-0.1, -0.05) is 13.8 Å². The summed E-state index contributed by atoms with van der Waals surface area (Å²) >= 11 is 0. The Morgan fingerprint density at radius 1 is 1.47 bits per heavy atom. The molecule has 0 saturated heterocycles. The van der Waals surface area contributed by atoms with E-state index in [9.17, 15) is 9.90 Å². The molecule has 1 aliphatic carbocycles. The smallest absolute Gasteiger partial charge is 0.339 e. The SMILES string of the molecule is CCN(CC(C)C)c1nc2c(cc1C(=O)O)CCC2. The lowest BCUT2D eigenvalue weighted by Gasteiger charge is -2.26. The predicted octanol–water partition coefficient (Wildman–Crippen LogP) is 2.75. The molecule has 4 heteroatoms. The van der Waals surface area contributed by atoms with Crippen molar-refractivity contribution in [2.24, 2.45) is 5.92 Å². The second kappa shape index (κ2) is 5.59. The molecule has 1 N–H and O–H groups in total. The molecule has 0 fully saturated rings. The molecule has 4 nitrogen and oxygen atoms in total. The highest BCUT2D eigenvalue weighted by molar-refractivity contribution is 5.93. The van der Waals surface area contributed by atoms with Crippen LogP contribution in [0.15, 0.2) is 6.07 Å². The van der Waals surface area contributed by atoms with E-state index in [1.807, 2.05) is 13.0 Å². The van der Waals surface area contributed by atoms with Gasteiger partial charge in [0, 0.05) is 18.8 Å². The highest BCUT2D eigenvalue weighted by Crippen LogP contribution is 2.27. The molecule has 0 aliphatic heterocycles. The van der Waals surface area contributed by atoms with Crippen molar-refractivity contribution >= 4 is 11.8 Å². The molecular formula is C15H22N2O2. The zero-order valence-corrected chi connectivity index (χ0v) is 11.9. The molecule has 0 spiro atoms. The Balaban J connectivity index is 2.44. The number of pyridine rings is 1. The van der Waals surface area contributed by atoms with Crippen LogP contribution in [0.25, 0.3) is 0 Å². The van der Waals surface area contributed by atoms with Gasteiger partial charge in [-0.05, 0) is 43.7 Å². The summed E-state index contributed by atoms with van der Waals surface area (Å²) in [7, 11) is 0. The topological polar surface area (TPSA) is 53.4 Å². The van der Waals surface area contributed by atoms with E-state index in [0.717, 1.165) is 43.6 Å². The average Bonchev–Trinajstić information content (AvgIpc) is 2.81. The minimum absolute atomic E-state index is 0.350. The van der Waals surface area contributed by atoms with Crippen LogP contribution in [-0.4, -0.2) is 29.1 Å². The largest absolute Gasteiger partial charge is 0.478 e. The van der Waals surface area contributed by atoms with E-state index in [-0.39, 0.29) is 0 Å². The number of hydrogen-bond acceptors (Lipinski definition) is 3. The number of aryl methyl sites for hydroxylation is 2. The molecule has 0 atom stereocenters. The van der Waals surface area contributed by atoms with Gasteiger partial charge in [-0.2, -0.15) is 0 Å². The van der Waals surface area contributed by atoms with Crippen LogP contribution in [0.2, 0.25) is 0 Å². The molecule has 1 aromatic rings. The maximum absolute atomic E-state index is 11.5. The maximum Gasteiger partial charge on any atom is 0.339 e. The van der Waals surface area contributed by atoms with Gasteiger partial charge in [-0.3, -0.25) is 0 Å². The van der Waals surface area contributed by atoms with E-state index in [1.54, 1.807) is 0 Å². The molecule has 1 aliphatic rings. The van der Waals surface area contributed by atoms with E-state index in [0.29, 0.717) is 17.3 Å². The summed E-state index contributed by atoms with van der Waals surface area (Å²) in [5.41, 5.74) is 2.55. The lowest BCUT2D eigenvalue weighted by molar-refractivity contribution is 0.0697. The molecule has 0 radical (unpaired) electrons. The van der Waals surface area contributed by atoms with Crippen LogP contribution in [-0.2, 0) is 12.8 Å². The first kappa shape index (κ1) is 13.8. The number of carbonyl (C=O) groups is 1. The first-order chi connectivity index (χ1) is 9.02. The Labute approximate surface area is 114 Å². The Kier molecular flexibility index (Phi) is 4.08. The van der Waals surface area contributed by atoms with Crippen molar-refractivity contribution in [3.05, 3.63) is 22.9 Å². The fourth-order valence-corrected chi connectivity index (χ4v) is 2.67. The molecule has 2 rings (SSSR count). The van der Waals surface area contributed by atoms with E-state index in [4.69, 9.17) is 0 Å². The third kappa shape index (κ3) is 2.88. The standard InChI is InChI=1S/C15H22N2O2/c1-4-17(9-10(2)3)14-12(15(18)19)8-11-6-5-7-13(11)16-14/h8,10H,4-7,9H2,1-3H3,(H,18,19). The number of carboxylic acid groups (broad SMARTS) is 1. The van der Waals surface area contributed by atoms with Gasteiger partial charge < -0.3 is 10.0 Å². The van der Waals surface area contributed by atoms with E-state index in [1.165, 1.54) is 0 Å². The highest BCUT2D eigenvalue weighted by Gasteiger charge is 2.23. The van der Waals surface area contributed by atoms with Crippen molar-refractivity contribution in [1.29, 1.82) is 0 Å². The summed E-state index contributed by atoms with van der Waals surface area (Å²) in [6.07, 6.45) is 3.02.